The van der Waals surface area contributed by atoms with Crippen molar-refractivity contribution >= 4 is 46.3 Å². The van der Waals surface area contributed by atoms with Gasteiger partial charge in [0.1, 0.15) is 11.5 Å². The molecule has 5 nitrogen and oxygen atoms in total. The van der Waals surface area contributed by atoms with Crippen LogP contribution in [0.15, 0.2) is 66.2 Å². The molecule has 1 atom stereocenters. The molecule has 1 fully saturated rings. The highest BCUT2D eigenvalue weighted by Gasteiger charge is 2.47. The molecule has 1 saturated heterocycles. The second-order valence-electron chi connectivity index (χ2n) is 8.86. The van der Waals surface area contributed by atoms with Gasteiger partial charge in [-0.15, -0.1) is 0 Å². The van der Waals surface area contributed by atoms with Crippen molar-refractivity contribution in [1.82, 2.24) is 0 Å². The second kappa shape index (κ2) is 9.76. The number of ketones is 1. The number of aryl methyl sites for hydroxylation is 2. The molecule has 0 radical (unpaired) electrons. The fourth-order valence-corrected chi connectivity index (χ4v) is 4.79. The summed E-state index contributed by atoms with van der Waals surface area (Å²) in [5.74, 6) is -1.14. The van der Waals surface area contributed by atoms with Crippen molar-refractivity contribution in [3.8, 4) is 5.75 Å². The lowest BCUT2D eigenvalue weighted by Gasteiger charge is -2.26. The van der Waals surface area contributed by atoms with Gasteiger partial charge in [0.25, 0.3) is 11.7 Å². The third-order valence-electron chi connectivity index (χ3n) is 5.74. The Morgan fingerprint density at radius 1 is 0.971 bits per heavy atom. The summed E-state index contributed by atoms with van der Waals surface area (Å²) in [4.78, 5) is 28.0. The number of amides is 1. The molecule has 1 aliphatic rings. The van der Waals surface area contributed by atoms with Crippen LogP contribution >= 0.6 is 23.2 Å². The molecule has 180 valence electrons. The van der Waals surface area contributed by atoms with E-state index in [-0.39, 0.29) is 17.4 Å². The number of anilines is 1. The van der Waals surface area contributed by atoms with Gasteiger partial charge in [-0.3, -0.25) is 14.5 Å². The largest absolute Gasteiger partial charge is 0.507 e. The lowest BCUT2D eigenvalue weighted by Crippen LogP contribution is -2.29. The first-order valence-corrected chi connectivity index (χ1v) is 11.9. The summed E-state index contributed by atoms with van der Waals surface area (Å²) < 4.78 is 5.79. The number of carbonyl (C=O) groups excluding carboxylic acids is 2. The minimum absolute atomic E-state index is 0.00590. The first kappa shape index (κ1) is 24.8. The van der Waals surface area contributed by atoms with Crippen LogP contribution in [0.2, 0.25) is 10.0 Å². The molecule has 0 saturated carbocycles. The molecule has 1 N–H and O–H groups in total. The van der Waals surface area contributed by atoms with Gasteiger partial charge in [0.2, 0.25) is 0 Å². The maximum absolute atomic E-state index is 13.3. The normalized spacial score (nSPS) is 17.3. The van der Waals surface area contributed by atoms with E-state index in [1.54, 1.807) is 36.4 Å². The number of halogens is 2. The summed E-state index contributed by atoms with van der Waals surface area (Å²) in [6, 6.07) is 16.5. The maximum Gasteiger partial charge on any atom is 0.300 e. The van der Waals surface area contributed by atoms with Crippen molar-refractivity contribution in [3.63, 3.8) is 0 Å². The Hall–Kier alpha value is -3.28. The van der Waals surface area contributed by atoms with Crippen molar-refractivity contribution < 1.29 is 19.4 Å². The highest BCUT2D eigenvalue weighted by molar-refractivity contribution is 6.52. The van der Waals surface area contributed by atoms with E-state index < -0.39 is 17.7 Å². The predicted octanol–water partition coefficient (Wildman–Crippen LogP) is 7.02. The summed E-state index contributed by atoms with van der Waals surface area (Å²) >= 11 is 12.4. The number of aliphatic hydroxyl groups is 1. The van der Waals surface area contributed by atoms with Crippen LogP contribution in [0.25, 0.3) is 5.76 Å². The fourth-order valence-electron chi connectivity index (χ4n) is 4.27. The van der Waals surface area contributed by atoms with E-state index in [2.05, 4.69) is 0 Å². The summed E-state index contributed by atoms with van der Waals surface area (Å²) in [6.07, 6.45) is -0.00990. The Balaban J connectivity index is 1.92. The third-order valence-corrected chi connectivity index (χ3v) is 6.18. The van der Waals surface area contributed by atoms with Crippen molar-refractivity contribution in [3.05, 3.63) is 98.5 Å². The molecule has 1 aliphatic heterocycles. The van der Waals surface area contributed by atoms with Crippen LogP contribution in [-0.2, 0) is 9.59 Å². The zero-order valence-corrected chi connectivity index (χ0v) is 21.3. The van der Waals surface area contributed by atoms with Gasteiger partial charge in [0.15, 0.2) is 0 Å². The van der Waals surface area contributed by atoms with E-state index in [4.69, 9.17) is 27.9 Å². The molecule has 0 bridgehead atoms. The van der Waals surface area contributed by atoms with Gasteiger partial charge in [-0.2, -0.15) is 0 Å². The Bertz CT molecular complexity index is 1340. The number of benzene rings is 3. The van der Waals surface area contributed by atoms with E-state index in [0.29, 0.717) is 32.6 Å². The van der Waals surface area contributed by atoms with Crippen LogP contribution in [0.4, 0.5) is 5.69 Å². The van der Waals surface area contributed by atoms with Crippen LogP contribution in [0, 0.1) is 13.8 Å². The van der Waals surface area contributed by atoms with E-state index in [1.807, 2.05) is 52.0 Å². The smallest absolute Gasteiger partial charge is 0.300 e. The van der Waals surface area contributed by atoms with Gasteiger partial charge in [-0.25, -0.2) is 0 Å². The number of rotatable bonds is 5. The number of hydrogen-bond acceptors (Lipinski definition) is 4. The quantitative estimate of drug-likeness (QED) is 0.228. The molecular formula is C28H25Cl2NO4. The molecule has 3 aromatic rings. The molecule has 7 heteroatoms. The van der Waals surface area contributed by atoms with Crippen molar-refractivity contribution in [2.24, 2.45) is 0 Å². The number of aliphatic hydroxyl groups excluding tert-OH is 1. The molecule has 3 aromatic carbocycles. The minimum Gasteiger partial charge on any atom is -0.507 e. The summed E-state index contributed by atoms with van der Waals surface area (Å²) in [6.45, 7) is 7.64. The van der Waals surface area contributed by atoms with E-state index >= 15 is 0 Å². The Morgan fingerprint density at radius 3 is 2.26 bits per heavy atom. The Labute approximate surface area is 214 Å². The fraction of sp³-hybridized carbons (Fsp3) is 0.214. The van der Waals surface area contributed by atoms with Crippen LogP contribution in [-0.4, -0.2) is 22.9 Å². The van der Waals surface area contributed by atoms with Gasteiger partial charge in [-0.1, -0.05) is 53.0 Å². The topological polar surface area (TPSA) is 66.8 Å². The number of carbonyl (C=O) groups is 2. The molecule has 35 heavy (non-hydrogen) atoms. The third kappa shape index (κ3) is 4.93. The zero-order chi connectivity index (χ0) is 25.4. The van der Waals surface area contributed by atoms with Gasteiger partial charge in [0, 0.05) is 21.3 Å². The minimum atomic E-state index is -0.865. The molecule has 4 rings (SSSR count). The van der Waals surface area contributed by atoms with Crippen molar-refractivity contribution in [2.75, 3.05) is 4.90 Å². The zero-order valence-electron chi connectivity index (χ0n) is 19.8. The van der Waals surface area contributed by atoms with Crippen molar-refractivity contribution in [2.45, 2.75) is 39.8 Å². The van der Waals surface area contributed by atoms with Gasteiger partial charge >= 0.3 is 0 Å². The first-order valence-electron chi connectivity index (χ1n) is 11.2. The van der Waals surface area contributed by atoms with Gasteiger partial charge < -0.3 is 9.84 Å². The number of hydrogen-bond donors (Lipinski definition) is 1. The number of ether oxygens (including phenoxy) is 1. The predicted molar refractivity (Wildman–Crippen MR) is 139 cm³/mol. The molecular weight excluding hydrogens is 485 g/mol. The summed E-state index contributed by atoms with van der Waals surface area (Å²) in [7, 11) is 0. The standard InChI is InChI=1S/C28H25Cl2NO4/c1-15(2)35-23-9-8-19(11-17(23)4)26(32)24-25(18-7-5-6-16(3)10-18)31(28(34)27(24)33)22-13-20(29)12-21(30)14-22/h5-15,25,32H,1-4H3/b26-24+. The van der Waals surface area contributed by atoms with E-state index in [1.165, 1.54) is 4.90 Å². The van der Waals surface area contributed by atoms with Crippen LogP contribution in [0.5, 0.6) is 5.75 Å². The van der Waals surface area contributed by atoms with Crippen LogP contribution in [0.3, 0.4) is 0 Å². The number of Topliss-reactive ketones (excluding diaryl/α,β-unsaturated/α-hetero) is 1. The molecule has 0 aromatic heterocycles. The maximum atomic E-state index is 13.3. The van der Waals surface area contributed by atoms with E-state index in [0.717, 1.165) is 11.1 Å². The SMILES string of the molecule is Cc1cccc(C2/C(=C(\O)c3ccc(OC(C)C)c(C)c3)C(=O)C(=O)N2c2cc(Cl)cc(Cl)c2)c1. The Kier molecular flexibility index (Phi) is 6.93. The molecule has 0 aliphatic carbocycles. The lowest BCUT2D eigenvalue weighted by molar-refractivity contribution is -0.132. The number of nitrogens with zero attached hydrogens (tertiary/aromatic N) is 1. The average Bonchev–Trinajstić information content (AvgIpc) is 3.04. The first-order chi connectivity index (χ1) is 16.6. The molecule has 1 unspecified atom stereocenters. The molecule has 1 amide bonds. The van der Waals surface area contributed by atoms with E-state index in [9.17, 15) is 14.7 Å². The molecule has 1 heterocycles. The highest BCUT2D eigenvalue weighted by atomic mass is 35.5. The van der Waals surface area contributed by atoms with Crippen molar-refractivity contribution in [1.29, 1.82) is 0 Å². The Morgan fingerprint density at radius 2 is 1.66 bits per heavy atom. The van der Waals surface area contributed by atoms with Gasteiger partial charge in [-0.05, 0) is 75.2 Å². The second-order valence-corrected chi connectivity index (χ2v) is 9.73. The molecule has 0 spiro atoms. The lowest BCUT2D eigenvalue weighted by atomic mass is 9.94. The highest BCUT2D eigenvalue weighted by Crippen LogP contribution is 2.43. The average molecular weight is 510 g/mol. The van der Waals surface area contributed by atoms with Crippen LogP contribution in [0.1, 0.15) is 42.1 Å². The monoisotopic (exact) mass is 509 g/mol. The summed E-state index contributed by atoms with van der Waals surface area (Å²) in [5.41, 5.74) is 3.20. The van der Waals surface area contributed by atoms with Gasteiger partial charge in [0.05, 0.1) is 17.7 Å². The summed E-state index contributed by atoms with van der Waals surface area (Å²) in [5, 5.41) is 12.0. The van der Waals surface area contributed by atoms with Crippen LogP contribution < -0.4 is 9.64 Å².